The largest absolute Gasteiger partial charge is 0.324 e. The minimum atomic E-state index is 0.0400. The van der Waals surface area contributed by atoms with Gasteiger partial charge in [-0.15, -0.1) is 0 Å². The van der Waals surface area contributed by atoms with Crippen molar-refractivity contribution in [1.29, 1.82) is 0 Å². The van der Waals surface area contributed by atoms with Crippen molar-refractivity contribution in [2.75, 3.05) is 13.1 Å². The van der Waals surface area contributed by atoms with Crippen LogP contribution in [0.4, 0.5) is 0 Å². The van der Waals surface area contributed by atoms with E-state index in [0.717, 1.165) is 31.3 Å². The third kappa shape index (κ3) is 2.71. The maximum Gasteiger partial charge on any atom is 0.0278 e. The third-order valence-electron chi connectivity index (χ3n) is 3.84. The number of hydrogen-bond acceptors (Lipinski definition) is 2. The Morgan fingerprint density at radius 2 is 1.86 bits per heavy atom. The molecule has 2 heteroatoms. The molecule has 2 unspecified atom stereocenters. The van der Waals surface area contributed by atoms with Gasteiger partial charge in [0, 0.05) is 24.7 Å². The lowest BCUT2D eigenvalue weighted by atomic mass is 9.93. The van der Waals surface area contributed by atoms with Gasteiger partial charge in [0.25, 0.3) is 0 Å². The average molecular weight is 198 g/mol. The first-order valence-corrected chi connectivity index (χ1v) is 6.03. The molecule has 1 fully saturated rings. The van der Waals surface area contributed by atoms with E-state index in [0.29, 0.717) is 0 Å². The van der Waals surface area contributed by atoms with Gasteiger partial charge in [-0.2, -0.15) is 0 Å². The first-order valence-electron chi connectivity index (χ1n) is 6.03. The third-order valence-corrected chi connectivity index (χ3v) is 3.84. The molecule has 0 aromatic carbocycles. The van der Waals surface area contributed by atoms with Gasteiger partial charge in [-0.3, -0.25) is 4.90 Å². The summed E-state index contributed by atoms with van der Waals surface area (Å²) in [6.45, 7) is 11.4. The van der Waals surface area contributed by atoms with Crippen LogP contribution in [0, 0.1) is 5.92 Å². The minimum absolute atomic E-state index is 0.0400. The Morgan fingerprint density at radius 3 is 2.21 bits per heavy atom. The molecule has 0 bridgehead atoms. The predicted octanol–water partition coefficient (Wildman–Crippen LogP) is 2.23. The highest BCUT2D eigenvalue weighted by Crippen LogP contribution is 2.25. The summed E-state index contributed by atoms with van der Waals surface area (Å²) in [6.07, 6.45) is 3.51. The normalized spacial score (nSPS) is 29.8. The summed E-state index contributed by atoms with van der Waals surface area (Å²) in [4.78, 5) is 2.57. The Bertz CT molecular complexity index is 175. The van der Waals surface area contributed by atoms with E-state index in [9.17, 15) is 0 Å². The van der Waals surface area contributed by atoms with Crippen molar-refractivity contribution in [2.24, 2.45) is 11.7 Å². The number of rotatable bonds is 4. The van der Waals surface area contributed by atoms with Crippen LogP contribution in [-0.4, -0.2) is 29.6 Å². The van der Waals surface area contributed by atoms with Gasteiger partial charge in [0.2, 0.25) is 0 Å². The van der Waals surface area contributed by atoms with E-state index < -0.39 is 0 Å². The Balaban J connectivity index is 2.51. The molecule has 0 radical (unpaired) electrons. The monoisotopic (exact) mass is 198 g/mol. The van der Waals surface area contributed by atoms with Crippen LogP contribution in [0.15, 0.2) is 0 Å². The van der Waals surface area contributed by atoms with Gasteiger partial charge in [-0.25, -0.2) is 0 Å². The second-order valence-electron chi connectivity index (χ2n) is 5.19. The molecule has 1 aliphatic rings. The minimum Gasteiger partial charge on any atom is -0.324 e. The molecule has 2 atom stereocenters. The first-order chi connectivity index (χ1) is 6.50. The Labute approximate surface area is 88.8 Å². The fraction of sp³-hybridized carbons (Fsp3) is 1.00. The lowest BCUT2D eigenvalue weighted by Gasteiger charge is -2.34. The van der Waals surface area contributed by atoms with Crippen LogP contribution in [0.25, 0.3) is 0 Å². The van der Waals surface area contributed by atoms with Crippen molar-refractivity contribution in [2.45, 2.75) is 58.5 Å². The first kappa shape index (κ1) is 12.0. The number of nitrogens with two attached hydrogens (primary N) is 1. The zero-order chi connectivity index (χ0) is 10.8. The van der Waals surface area contributed by atoms with Crippen molar-refractivity contribution >= 4 is 0 Å². The van der Waals surface area contributed by atoms with Gasteiger partial charge in [0.1, 0.15) is 0 Å². The second kappa shape index (κ2) is 4.63. The maximum atomic E-state index is 6.34. The SMILES string of the molecule is CCC(N)(CC)CN1CC(C)CC1C. The van der Waals surface area contributed by atoms with Crippen molar-refractivity contribution in [3.63, 3.8) is 0 Å². The molecular formula is C12H26N2. The van der Waals surface area contributed by atoms with Gasteiger partial charge < -0.3 is 5.73 Å². The fourth-order valence-corrected chi connectivity index (χ4v) is 2.48. The van der Waals surface area contributed by atoms with Crippen LogP contribution in [0.3, 0.4) is 0 Å². The summed E-state index contributed by atoms with van der Waals surface area (Å²) in [7, 11) is 0. The van der Waals surface area contributed by atoms with E-state index in [1.165, 1.54) is 13.0 Å². The summed E-state index contributed by atoms with van der Waals surface area (Å²) in [5, 5.41) is 0. The summed E-state index contributed by atoms with van der Waals surface area (Å²) in [5.74, 6) is 0.850. The van der Waals surface area contributed by atoms with Gasteiger partial charge in [0.05, 0.1) is 0 Å². The van der Waals surface area contributed by atoms with Crippen LogP contribution in [-0.2, 0) is 0 Å². The molecule has 2 N–H and O–H groups in total. The highest BCUT2D eigenvalue weighted by Gasteiger charge is 2.31. The van der Waals surface area contributed by atoms with Crippen molar-refractivity contribution < 1.29 is 0 Å². The summed E-state index contributed by atoms with van der Waals surface area (Å²) < 4.78 is 0. The van der Waals surface area contributed by atoms with Gasteiger partial charge >= 0.3 is 0 Å². The molecular weight excluding hydrogens is 172 g/mol. The molecule has 14 heavy (non-hydrogen) atoms. The predicted molar refractivity (Wildman–Crippen MR) is 62.3 cm³/mol. The summed E-state index contributed by atoms with van der Waals surface area (Å²) >= 11 is 0. The highest BCUT2D eigenvalue weighted by atomic mass is 15.2. The van der Waals surface area contributed by atoms with Gasteiger partial charge in [0.15, 0.2) is 0 Å². The molecule has 0 saturated carbocycles. The van der Waals surface area contributed by atoms with E-state index >= 15 is 0 Å². The lowest BCUT2D eigenvalue weighted by Crippen LogP contribution is -2.50. The fourth-order valence-electron chi connectivity index (χ4n) is 2.48. The quantitative estimate of drug-likeness (QED) is 0.750. The van der Waals surface area contributed by atoms with E-state index in [2.05, 4.69) is 32.6 Å². The van der Waals surface area contributed by atoms with E-state index in [1.807, 2.05) is 0 Å². The van der Waals surface area contributed by atoms with Crippen molar-refractivity contribution in [1.82, 2.24) is 4.90 Å². The summed E-state index contributed by atoms with van der Waals surface area (Å²) in [5.41, 5.74) is 6.38. The molecule has 0 amide bonds. The van der Waals surface area contributed by atoms with E-state index in [-0.39, 0.29) is 5.54 Å². The van der Waals surface area contributed by atoms with Crippen LogP contribution in [0.2, 0.25) is 0 Å². The number of hydrogen-bond donors (Lipinski definition) is 1. The van der Waals surface area contributed by atoms with Crippen LogP contribution >= 0.6 is 0 Å². The highest BCUT2D eigenvalue weighted by molar-refractivity contribution is 4.90. The maximum absolute atomic E-state index is 6.34. The molecule has 0 spiro atoms. The molecule has 1 saturated heterocycles. The lowest BCUT2D eigenvalue weighted by molar-refractivity contribution is 0.191. The molecule has 0 aliphatic carbocycles. The van der Waals surface area contributed by atoms with Crippen LogP contribution in [0.5, 0.6) is 0 Å². The van der Waals surface area contributed by atoms with Crippen molar-refractivity contribution in [3.8, 4) is 0 Å². The molecule has 84 valence electrons. The molecule has 1 rings (SSSR count). The van der Waals surface area contributed by atoms with Gasteiger partial charge in [-0.1, -0.05) is 20.8 Å². The van der Waals surface area contributed by atoms with Crippen molar-refractivity contribution in [3.05, 3.63) is 0 Å². The summed E-state index contributed by atoms with van der Waals surface area (Å²) in [6, 6.07) is 0.728. The molecule has 0 aromatic rings. The standard InChI is InChI=1S/C12H26N2/c1-5-12(13,6-2)9-14-8-10(3)7-11(14)4/h10-11H,5-9,13H2,1-4H3. The van der Waals surface area contributed by atoms with E-state index in [1.54, 1.807) is 0 Å². The zero-order valence-corrected chi connectivity index (χ0v) is 10.2. The molecule has 0 aromatic heterocycles. The second-order valence-corrected chi connectivity index (χ2v) is 5.19. The van der Waals surface area contributed by atoms with Gasteiger partial charge in [-0.05, 0) is 32.1 Å². The van der Waals surface area contributed by atoms with Crippen LogP contribution < -0.4 is 5.73 Å². The number of nitrogens with zero attached hydrogens (tertiary/aromatic N) is 1. The molecule has 2 nitrogen and oxygen atoms in total. The van der Waals surface area contributed by atoms with E-state index in [4.69, 9.17) is 5.73 Å². The number of likely N-dealkylation sites (tertiary alicyclic amines) is 1. The Hall–Kier alpha value is -0.0800. The Morgan fingerprint density at radius 1 is 1.29 bits per heavy atom. The molecule has 1 heterocycles. The zero-order valence-electron chi connectivity index (χ0n) is 10.2. The van der Waals surface area contributed by atoms with Crippen LogP contribution in [0.1, 0.15) is 47.0 Å². The molecule has 1 aliphatic heterocycles. The topological polar surface area (TPSA) is 29.3 Å². The smallest absolute Gasteiger partial charge is 0.0278 e. The average Bonchev–Trinajstić information content (AvgIpc) is 2.45. The Kier molecular flexibility index (Phi) is 3.96.